The predicted molar refractivity (Wildman–Crippen MR) is 99.2 cm³/mol. The van der Waals surface area contributed by atoms with Crippen molar-refractivity contribution >= 4 is 50.8 Å². The summed E-state index contributed by atoms with van der Waals surface area (Å²) in [6.45, 7) is 0. The molecular formula is C16H14N4O3S2. The first-order valence-corrected chi connectivity index (χ1v) is 9.09. The third-order valence-corrected chi connectivity index (χ3v) is 5.29. The average molecular weight is 374 g/mol. The number of thioether (sulfide) groups is 1. The zero-order valence-electron chi connectivity index (χ0n) is 13.2. The van der Waals surface area contributed by atoms with Gasteiger partial charge in [0.15, 0.2) is 5.16 Å². The average Bonchev–Trinajstić information content (AvgIpc) is 3.06. The smallest absolute Gasteiger partial charge is 0.262 e. The number of nitrogens with zero attached hydrogens (tertiary/aromatic N) is 2. The van der Waals surface area contributed by atoms with Gasteiger partial charge in [0.1, 0.15) is 4.83 Å². The molecule has 0 saturated heterocycles. The number of rotatable bonds is 5. The van der Waals surface area contributed by atoms with Crippen molar-refractivity contribution in [2.75, 3.05) is 11.1 Å². The molecule has 0 aliphatic heterocycles. The van der Waals surface area contributed by atoms with Crippen LogP contribution in [-0.4, -0.2) is 27.1 Å². The number of nitrogens with two attached hydrogens (primary N) is 1. The van der Waals surface area contributed by atoms with E-state index in [1.807, 2.05) is 5.38 Å². The van der Waals surface area contributed by atoms with Crippen LogP contribution in [0.15, 0.2) is 45.7 Å². The van der Waals surface area contributed by atoms with Gasteiger partial charge in [0.25, 0.3) is 5.56 Å². The number of hydrogen-bond donors (Lipinski definition) is 2. The lowest BCUT2D eigenvalue weighted by atomic mass is 10.2. The number of aromatic nitrogens is 2. The molecule has 0 saturated carbocycles. The number of thiophene rings is 1. The van der Waals surface area contributed by atoms with Gasteiger partial charge in [0.05, 0.1) is 11.1 Å². The molecule has 3 N–H and O–H groups in total. The van der Waals surface area contributed by atoms with Gasteiger partial charge in [-0.2, -0.15) is 0 Å². The Kier molecular flexibility index (Phi) is 4.86. The van der Waals surface area contributed by atoms with E-state index in [0.29, 0.717) is 26.6 Å². The molecule has 3 aromatic rings. The Bertz CT molecular complexity index is 1010. The van der Waals surface area contributed by atoms with Crippen LogP contribution in [-0.2, 0) is 11.8 Å². The number of nitrogens with one attached hydrogen (secondary N) is 1. The lowest BCUT2D eigenvalue weighted by Crippen LogP contribution is -2.20. The van der Waals surface area contributed by atoms with Crippen molar-refractivity contribution in [3.63, 3.8) is 0 Å². The van der Waals surface area contributed by atoms with E-state index in [1.54, 1.807) is 37.4 Å². The third-order valence-electron chi connectivity index (χ3n) is 3.45. The third kappa shape index (κ3) is 3.72. The van der Waals surface area contributed by atoms with Gasteiger partial charge in [-0.25, -0.2) is 4.98 Å². The van der Waals surface area contributed by atoms with Crippen molar-refractivity contribution < 1.29 is 9.59 Å². The van der Waals surface area contributed by atoms with Crippen molar-refractivity contribution in [1.29, 1.82) is 0 Å². The molecule has 9 heteroatoms. The Morgan fingerprint density at radius 1 is 1.28 bits per heavy atom. The number of anilines is 1. The fourth-order valence-corrected chi connectivity index (χ4v) is 3.73. The number of primary amides is 1. The van der Waals surface area contributed by atoms with Crippen LogP contribution in [0.4, 0.5) is 5.69 Å². The fourth-order valence-electron chi connectivity index (χ4n) is 2.15. The molecule has 2 heterocycles. The van der Waals surface area contributed by atoms with Crippen LogP contribution in [0.1, 0.15) is 10.4 Å². The van der Waals surface area contributed by atoms with Crippen molar-refractivity contribution in [3.8, 4) is 0 Å². The number of carbonyl (C=O) groups is 2. The van der Waals surface area contributed by atoms with E-state index in [-0.39, 0.29) is 17.2 Å². The van der Waals surface area contributed by atoms with E-state index in [2.05, 4.69) is 10.3 Å². The van der Waals surface area contributed by atoms with Crippen molar-refractivity contribution in [2.24, 2.45) is 12.8 Å². The maximum atomic E-state index is 12.2. The van der Waals surface area contributed by atoms with Crippen LogP contribution < -0.4 is 16.6 Å². The van der Waals surface area contributed by atoms with E-state index in [4.69, 9.17) is 5.73 Å². The zero-order valence-corrected chi connectivity index (χ0v) is 14.8. The second-order valence-electron chi connectivity index (χ2n) is 5.18. The van der Waals surface area contributed by atoms with Gasteiger partial charge >= 0.3 is 0 Å². The number of carbonyl (C=O) groups excluding carboxylic acids is 2. The second kappa shape index (κ2) is 7.08. The summed E-state index contributed by atoms with van der Waals surface area (Å²) in [5, 5.41) is 5.60. The molecule has 0 aliphatic carbocycles. The van der Waals surface area contributed by atoms with Crippen molar-refractivity contribution in [3.05, 3.63) is 51.6 Å². The van der Waals surface area contributed by atoms with E-state index in [9.17, 15) is 14.4 Å². The molecule has 128 valence electrons. The summed E-state index contributed by atoms with van der Waals surface area (Å²) in [6.07, 6.45) is 0. The fraction of sp³-hybridized carbons (Fsp3) is 0.125. The molecular weight excluding hydrogens is 360 g/mol. The predicted octanol–water partition coefficient (Wildman–Crippen LogP) is 1.82. The molecule has 3 rings (SSSR count). The van der Waals surface area contributed by atoms with Crippen LogP contribution in [0.3, 0.4) is 0 Å². The molecule has 0 fully saturated rings. The van der Waals surface area contributed by atoms with E-state index >= 15 is 0 Å². The van der Waals surface area contributed by atoms with Gasteiger partial charge in [-0.3, -0.25) is 19.0 Å². The zero-order chi connectivity index (χ0) is 18.0. The highest BCUT2D eigenvalue weighted by Gasteiger charge is 2.12. The summed E-state index contributed by atoms with van der Waals surface area (Å²) in [7, 11) is 1.63. The standard InChI is InChI=1S/C16H14N4O3S2/c1-20-15(23)11-6-7-24-14(11)19-16(20)25-8-12(21)18-10-4-2-9(3-5-10)13(17)22/h2-7H,8H2,1H3,(H2,17,22)(H,18,21). The van der Waals surface area contributed by atoms with E-state index in [0.717, 1.165) is 0 Å². The summed E-state index contributed by atoms with van der Waals surface area (Å²) >= 11 is 2.58. The normalized spacial score (nSPS) is 10.8. The first-order chi connectivity index (χ1) is 12.0. The molecule has 2 amide bonds. The number of benzene rings is 1. The Balaban J connectivity index is 1.67. The lowest BCUT2D eigenvalue weighted by molar-refractivity contribution is -0.113. The van der Waals surface area contributed by atoms with E-state index in [1.165, 1.54) is 27.7 Å². The summed E-state index contributed by atoms with van der Waals surface area (Å²) in [5.41, 5.74) is 5.98. The van der Waals surface area contributed by atoms with Crippen LogP contribution in [0.5, 0.6) is 0 Å². The van der Waals surface area contributed by atoms with Crippen LogP contribution in [0.25, 0.3) is 10.2 Å². The largest absolute Gasteiger partial charge is 0.366 e. The molecule has 0 bridgehead atoms. The summed E-state index contributed by atoms with van der Waals surface area (Å²) in [4.78, 5) is 40.4. The summed E-state index contributed by atoms with van der Waals surface area (Å²) in [6, 6.07) is 8.04. The molecule has 0 spiro atoms. The van der Waals surface area contributed by atoms with E-state index < -0.39 is 5.91 Å². The SMILES string of the molecule is Cn1c(SCC(=O)Nc2ccc(C(N)=O)cc2)nc2sccc2c1=O. The van der Waals surface area contributed by atoms with Gasteiger partial charge in [-0.15, -0.1) is 11.3 Å². The minimum absolute atomic E-state index is 0.106. The first-order valence-electron chi connectivity index (χ1n) is 7.22. The maximum absolute atomic E-state index is 12.2. The maximum Gasteiger partial charge on any atom is 0.262 e. The summed E-state index contributed by atoms with van der Waals surface area (Å²) < 4.78 is 1.44. The van der Waals surface area contributed by atoms with Crippen molar-refractivity contribution in [2.45, 2.75) is 5.16 Å². The number of fused-ring (bicyclic) bond motifs is 1. The topological polar surface area (TPSA) is 107 Å². The van der Waals surface area contributed by atoms with Gasteiger partial charge in [-0.1, -0.05) is 11.8 Å². The molecule has 2 aromatic heterocycles. The Hall–Kier alpha value is -2.65. The quantitative estimate of drug-likeness (QED) is 0.523. The molecule has 25 heavy (non-hydrogen) atoms. The Morgan fingerprint density at radius 3 is 2.68 bits per heavy atom. The van der Waals surface area contributed by atoms with Crippen LogP contribution in [0.2, 0.25) is 0 Å². The molecule has 1 aromatic carbocycles. The lowest BCUT2D eigenvalue weighted by Gasteiger charge is -2.08. The Labute approximate surface area is 150 Å². The molecule has 0 radical (unpaired) electrons. The summed E-state index contributed by atoms with van der Waals surface area (Å²) in [5.74, 6) is -0.656. The van der Waals surface area contributed by atoms with Gasteiger partial charge in [0, 0.05) is 18.3 Å². The highest BCUT2D eigenvalue weighted by atomic mass is 32.2. The minimum Gasteiger partial charge on any atom is -0.366 e. The highest BCUT2D eigenvalue weighted by molar-refractivity contribution is 7.99. The molecule has 0 aliphatic rings. The van der Waals surface area contributed by atoms with Gasteiger partial charge in [-0.05, 0) is 35.7 Å². The van der Waals surface area contributed by atoms with Crippen molar-refractivity contribution in [1.82, 2.24) is 9.55 Å². The Morgan fingerprint density at radius 2 is 2.00 bits per heavy atom. The highest BCUT2D eigenvalue weighted by Crippen LogP contribution is 2.20. The first kappa shape index (κ1) is 17.2. The minimum atomic E-state index is -0.524. The number of amides is 2. The van der Waals surface area contributed by atoms with Crippen LogP contribution in [0, 0.1) is 0 Å². The second-order valence-corrected chi connectivity index (χ2v) is 7.01. The number of hydrogen-bond acceptors (Lipinski definition) is 6. The van der Waals surface area contributed by atoms with Gasteiger partial charge in [0.2, 0.25) is 11.8 Å². The van der Waals surface area contributed by atoms with Gasteiger partial charge < -0.3 is 11.1 Å². The van der Waals surface area contributed by atoms with Crippen LogP contribution >= 0.6 is 23.1 Å². The molecule has 0 atom stereocenters. The monoisotopic (exact) mass is 374 g/mol. The molecule has 7 nitrogen and oxygen atoms in total. The molecule has 0 unspecified atom stereocenters.